The van der Waals surface area contributed by atoms with Gasteiger partial charge in [-0.1, -0.05) is 30.3 Å². The molecule has 1 aliphatic rings. The molecule has 0 saturated heterocycles. The predicted octanol–water partition coefficient (Wildman–Crippen LogP) is 3.87. The van der Waals surface area contributed by atoms with Crippen molar-refractivity contribution < 1.29 is 27.5 Å². The molecule has 1 aliphatic heterocycles. The Morgan fingerprint density at radius 1 is 1.07 bits per heavy atom. The molecule has 0 radical (unpaired) electrons. The van der Waals surface area contributed by atoms with Crippen molar-refractivity contribution in [3.8, 4) is 5.75 Å². The van der Waals surface area contributed by atoms with E-state index < -0.39 is 17.6 Å². The molecule has 0 saturated carbocycles. The molecule has 0 N–H and O–H groups in total. The molecular weight excluding hydrogens is 385 g/mol. The highest BCUT2D eigenvalue weighted by atomic mass is 19.4. The molecule has 29 heavy (non-hydrogen) atoms. The number of hydrogen-bond acceptors (Lipinski definition) is 3. The second-order valence-corrected chi connectivity index (χ2v) is 6.77. The number of hydrogen-bond donors (Lipinski definition) is 0. The van der Waals surface area contributed by atoms with Crippen LogP contribution in [0.2, 0.25) is 0 Å². The standard InChI is InChI=1S/C21H21F3N2O3/c1-25(14-15-6-2-3-7-16(15)21(22,23)24)19(27)10-11-20(28)26-12-13-29-18-9-5-4-8-17(18)26/h2-9H,10-14H2,1H3. The molecule has 2 aromatic rings. The maximum Gasteiger partial charge on any atom is 0.416 e. The Labute approximate surface area is 166 Å². The minimum Gasteiger partial charge on any atom is -0.490 e. The number of halogens is 3. The summed E-state index contributed by atoms with van der Waals surface area (Å²) < 4.78 is 44.9. The summed E-state index contributed by atoms with van der Waals surface area (Å²) in [6.07, 6.45) is -4.60. The van der Waals surface area contributed by atoms with Gasteiger partial charge in [-0.05, 0) is 23.8 Å². The first-order valence-electron chi connectivity index (χ1n) is 9.18. The normalized spacial score (nSPS) is 13.4. The van der Waals surface area contributed by atoms with E-state index in [1.807, 2.05) is 6.07 Å². The van der Waals surface area contributed by atoms with Gasteiger partial charge in [-0.3, -0.25) is 9.59 Å². The second kappa shape index (κ2) is 8.55. The molecule has 2 aromatic carbocycles. The molecule has 8 heteroatoms. The van der Waals surface area contributed by atoms with E-state index in [0.29, 0.717) is 24.6 Å². The third-order valence-electron chi connectivity index (χ3n) is 4.74. The lowest BCUT2D eigenvalue weighted by atomic mass is 10.1. The van der Waals surface area contributed by atoms with E-state index in [1.165, 1.54) is 30.1 Å². The number of benzene rings is 2. The van der Waals surface area contributed by atoms with Crippen molar-refractivity contribution in [2.45, 2.75) is 25.6 Å². The number of nitrogens with zero attached hydrogens (tertiary/aromatic N) is 2. The minimum atomic E-state index is -4.49. The molecule has 154 valence electrons. The summed E-state index contributed by atoms with van der Waals surface area (Å²) in [6, 6.07) is 12.3. The number of rotatable bonds is 5. The van der Waals surface area contributed by atoms with Gasteiger partial charge in [0.25, 0.3) is 0 Å². The minimum absolute atomic E-state index is 0.0179. The van der Waals surface area contributed by atoms with Crippen LogP contribution in [0.15, 0.2) is 48.5 Å². The van der Waals surface area contributed by atoms with Gasteiger partial charge in [-0.2, -0.15) is 13.2 Å². The van der Waals surface area contributed by atoms with Gasteiger partial charge in [-0.25, -0.2) is 0 Å². The summed E-state index contributed by atoms with van der Waals surface area (Å²) in [5, 5.41) is 0. The summed E-state index contributed by atoms with van der Waals surface area (Å²) in [6.45, 7) is 0.576. The molecule has 0 bridgehead atoms. The number of para-hydroxylation sites is 2. The van der Waals surface area contributed by atoms with Gasteiger partial charge < -0.3 is 14.5 Å². The third kappa shape index (κ3) is 4.88. The van der Waals surface area contributed by atoms with Crippen LogP contribution >= 0.6 is 0 Å². The smallest absolute Gasteiger partial charge is 0.416 e. The number of carbonyl (C=O) groups is 2. The van der Waals surface area contributed by atoms with Crippen LogP contribution in [0.3, 0.4) is 0 Å². The van der Waals surface area contributed by atoms with Crippen LogP contribution < -0.4 is 9.64 Å². The van der Waals surface area contributed by atoms with Crippen LogP contribution in [0.4, 0.5) is 18.9 Å². The second-order valence-electron chi connectivity index (χ2n) is 6.77. The lowest BCUT2D eigenvalue weighted by Crippen LogP contribution is -2.38. The topological polar surface area (TPSA) is 49.9 Å². The highest BCUT2D eigenvalue weighted by Crippen LogP contribution is 2.33. The van der Waals surface area contributed by atoms with Crippen molar-refractivity contribution in [2.75, 3.05) is 25.1 Å². The van der Waals surface area contributed by atoms with E-state index in [0.717, 1.165) is 6.07 Å². The molecule has 3 rings (SSSR count). The molecule has 0 unspecified atom stereocenters. The summed E-state index contributed by atoms with van der Waals surface area (Å²) in [5.74, 6) is -0.00522. The van der Waals surface area contributed by atoms with Crippen molar-refractivity contribution in [1.82, 2.24) is 4.90 Å². The highest BCUT2D eigenvalue weighted by molar-refractivity contribution is 5.97. The van der Waals surface area contributed by atoms with Crippen LogP contribution in [0.1, 0.15) is 24.0 Å². The van der Waals surface area contributed by atoms with E-state index in [4.69, 9.17) is 4.74 Å². The summed E-state index contributed by atoms with van der Waals surface area (Å²) in [7, 11) is 1.43. The van der Waals surface area contributed by atoms with Gasteiger partial charge >= 0.3 is 6.18 Å². The van der Waals surface area contributed by atoms with Crippen molar-refractivity contribution in [3.63, 3.8) is 0 Å². The van der Waals surface area contributed by atoms with E-state index in [-0.39, 0.29) is 30.9 Å². The van der Waals surface area contributed by atoms with Crippen molar-refractivity contribution >= 4 is 17.5 Å². The van der Waals surface area contributed by atoms with Crippen LogP contribution in [-0.4, -0.2) is 36.9 Å². The zero-order valence-electron chi connectivity index (χ0n) is 15.9. The molecule has 5 nitrogen and oxygen atoms in total. The van der Waals surface area contributed by atoms with Crippen molar-refractivity contribution in [2.24, 2.45) is 0 Å². The number of anilines is 1. The Bertz CT molecular complexity index is 899. The Morgan fingerprint density at radius 2 is 1.76 bits per heavy atom. The van der Waals surface area contributed by atoms with Gasteiger partial charge in [0.1, 0.15) is 12.4 Å². The van der Waals surface area contributed by atoms with E-state index in [9.17, 15) is 22.8 Å². The molecule has 0 fully saturated rings. The average Bonchev–Trinajstić information content (AvgIpc) is 2.70. The van der Waals surface area contributed by atoms with Gasteiger partial charge in [0.05, 0.1) is 17.8 Å². The SMILES string of the molecule is CN(Cc1ccccc1C(F)(F)F)C(=O)CCC(=O)N1CCOc2ccccc21. The summed E-state index contributed by atoms with van der Waals surface area (Å²) in [4.78, 5) is 27.8. The fourth-order valence-electron chi connectivity index (χ4n) is 3.25. The first kappa shape index (κ1) is 20.7. The Balaban J connectivity index is 1.60. The molecule has 0 aromatic heterocycles. The van der Waals surface area contributed by atoms with Gasteiger partial charge in [0.15, 0.2) is 0 Å². The Morgan fingerprint density at radius 3 is 2.52 bits per heavy atom. The van der Waals surface area contributed by atoms with E-state index >= 15 is 0 Å². The maximum absolute atomic E-state index is 13.1. The van der Waals surface area contributed by atoms with Gasteiger partial charge in [0.2, 0.25) is 11.8 Å². The molecule has 2 amide bonds. The number of amides is 2. The predicted molar refractivity (Wildman–Crippen MR) is 101 cm³/mol. The number of fused-ring (bicyclic) bond motifs is 1. The Hall–Kier alpha value is -3.03. The first-order valence-corrected chi connectivity index (χ1v) is 9.18. The molecule has 0 spiro atoms. The van der Waals surface area contributed by atoms with Crippen molar-refractivity contribution in [1.29, 1.82) is 0 Å². The molecular formula is C21H21F3N2O3. The van der Waals surface area contributed by atoms with Crippen LogP contribution in [0.5, 0.6) is 5.75 Å². The lowest BCUT2D eigenvalue weighted by molar-refractivity contribution is -0.139. The number of ether oxygens (including phenoxy) is 1. The number of alkyl halides is 3. The quantitative estimate of drug-likeness (QED) is 0.758. The van der Waals surface area contributed by atoms with Gasteiger partial charge in [-0.15, -0.1) is 0 Å². The fourth-order valence-corrected chi connectivity index (χ4v) is 3.25. The van der Waals surface area contributed by atoms with Crippen LogP contribution in [0, 0.1) is 0 Å². The first-order chi connectivity index (χ1) is 13.8. The van der Waals surface area contributed by atoms with E-state index in [2.05, 4.69) is 0 Å². The zero-order chi connectivity index (χ0) is 21.0. The number of carbonyl (C=O) groups excluding carboxylic acids is 2. The molecule has 1 heterocycles. The third-order valence-corrected chi connectivity index (χ3v) is 4.74. The lowest BCUT2D eigenvalue weighted by Gasteiger charge is -2.29. The highest BCUT2D eigenvalue weighted by Gasteiger charge is 2.33. The maximum atomic E-state index is 13.1. The average molecular weight is 406 g/mol. The van der Waals surface area contributed by atoms with Crippen LogP contribution in [0.25, 0.3) is 0 Å². The largest absolute Gasteiger partial charge is 0.490 e. The van der Waals surface area contributed by atoms with Crippen molar-refractivity contribution in [3.05, 3.63) is 59.7 Å². The fraction of sp³-hybridized carbons (Fsp3) is 0.333. The van der Waals surface area contributed by atoms with E-state index in [1.54, 1.807) is 23.1 Å². The molecule has 0 aliphatic carbocycles. The Kier molecular flexibility index (Phi) is 6.10. The zero-order valence-corrected chi connectivity index (χ0v) is 15.9. The monoisotopic (exact) mass is 406 g/mol. The summed E-state index contributed by atoms with van der Waals surface area (Å²) >= 11 is 0. The summed E-state index contributed by atoms with van der Waals surface area (Å²) in [5.41, 5.74) is -0.0893. The molecule has 0 atom stereocenters. The van der Waals surface area contributed by atoms with Gasteiger partial charge in [0, 0.05) is 26.4 Å². The van der Waals surface area contributed by atoms with Crippen LogP contribution in [-0.2, 0) is 22.3 Å².